The van der Waals surface area contributed by atoms with Gasteiger partial charge in [0, 0.05) is 12.8 Å². The Bertz CT molecular complexity index is 501. The van der Waals surface area contributed by atoms with Crippen molar-refractivity contribution < 1.29 is 19.1 Å². The second kappa shape index (κ2) is 8.38. The second-order valence-electron chi connectivity index (χ2n) is 5.27. The van der Waals surface area contributed by atoms with E-state index in [0.29, 0.717) is 17.9 Å². The van der Waals surface area contributed by atoms with E-state index in [4.69, 9.17) is 15.2 Å². The molecule has 22 heavy (non-hydrogen) atoms. The minimum absolute atomic E-state index is 0.176. The van der Waals surface area contributed by atoms with E-state index < -0.39 is 11.5 Å². The van der Waals surface area contributed by atoms with Crippen molar-refractivity contribution in [3.8, 4) is 5.75 Å². The van der Waals surface area contributed by atoms with Crippen LogP contribution < -0.4 is 15.8 Å². The number of nitrogens with one attached hydrogen (secondary N) is 1. The van der Waals surface area contributed by atoms with Crippen molar-refractivity contribution >= 4 is 17.5 Å². The number of nitrogens with two attached hydrogens (primary N) is 1. The molecule has 0 aromatic heterocycles. The number of amides is 2. The molecule has 0 aliphatic heterocycles. The number of hydrogen-bond donors (Lipinski definition) is 2. The number of anilines is 1. The lowest BCUT2D eigenvalue weighted by Gasteiger charge is -2.26. The third-order valence-electron chi connectivity index (χ3n) is 3.43. The Morgan fingerprint density at radius 1 is 1.27 bits per heavy atom. The summed E-state index contributed by atoms with van der Waals surface area (Å²) in [5, 5.41) is 2.82. The second-order valence-corrected chi connectivity index (χ2v) is 5.27. The van der Waals surface area contributed by atoms with E-state index in [1.165, 1.54) is 7.11 Å². The zero-order chi connectivity index (χ0) is 16.6. The number of ether oxygens (including phenoxy) is 2. The van der Waals surface area contributed by atoms with E-state index in [0.717, 1.165) is 12.8 Å². The standard InChI is InChI=1S/C16H24N2O4/c1-4-5-10-16(2,21-3)15(20)18-12-6-8-13(9-7-12)22-11-14(17)19/h6-9H,4-5,10-11H2,1-3H3,(H2,17,19)(H,18,20). The van der Waals surface area contributed by atoms with Gasteiger partial charge in [0.1, 0.15) is 11.4 Å². The highest BCUT2D eigenvalue weighted by Gasteiger charge is 2.32. The number of benzene rings is 1. The van der Waals surface area contributed by atoms with Crippen LogP contribution in [-0.2, 0) is 14.3 Å². The highest BCUT2D eigenvalue weighted by Crippen LogP contribution is 2.22. The fourth-order valence-corrected chi connectivity index (χ4v) is 1.87. The molecule has 3 N–H and O–H groups in total. The summed E-state index contributed by atoms with van der Waals surface area (Å²) in [7, 11) is 1.54. The lowest BCUT2D eigenvalue weighted by atomic mass is 9.97. The van der Waals surface area contributed by atoms with Crippen LogP contribution in [-0.4, -0.2) is 31.1 Å². The van der Waals surface area contributed by atoms with Crippen LogP contribution in [0.15, 0.2) is 24.3 Å². The number of methoxy groups -OCH3 is 1. The van der Waals surface area contributed by atoms with Gasteiger partial charge in [0.25, 0.3) is 11.8 Å². The molecule has 0 heterocycles. The minimum Gasteiger partial charge on any atom is -0.484 e. The van der Waals surface area contributed by atoms with Crippen molar-refractivity contribution in [3.63, 3.8) is 0 Å². The molecule has 6 nitrogen and oxygen atoms in total. The summed E-state index contributed by atoms with van der Waals surface area (Å²) in [5.41, 5.74) is 4.79. The van der Waals surface area contributed by atoms with Crippen LogP contribution in [0.4, 0.5) is 5.69 Å². The zero-order valence-corrected chi connectivity index (χ0v) is 13.3. The Hall–Kier alpha value is -2.08. The van der Waals surface area contributed by atoms with Gasteiger partial charge < -0.3 is 20.5 Å². The SMILES string of the molecule is CCCCC(C)(OC)C(=O)Nc1ccc(OCC(N)=O)cc1. The number of unbranched alkanes of at least 4 members (excludes halogenated alkanes) is 1. The Morgan fingerprint density at radius 2 is 1.91 bits per heavy atom. The number of rotatable bonds is 9. The van der Waals surface area contributed by atoms with Crippen molar-refractivity contribution in [3.05, 3.63) is 24.3 Å². The van der Waals surface area contributed by atoms with Gasteiger partial charge in [0.05, 0.1) is 0 Å². The van der Waals surface area contributed by atoms with Crippen LogP contribution in [0.3, 0.4) is 0 Å². The molecule has 0 saturated carbocycles. The van der Waals surface area contributed by atoms with Gasteiger partial charge in [-0.15, -0.1) is 0 Å². The van der Waals surface area contributed by atoms with Gasteiger partial charge in [-0.1, -0.05) is 19.8 Å². The van der Waals surface area contributed by atoms with Crippen molar-refractivity contribution in [2.45, 2.75) is 38.7 Å². The summed E-state index contributed by atoms with van der Waals surface area (Å²) in [5.74, 6) is -0.212. The van der Waals surface area contributed by atoms with Crippen molar-refractivity contribution in [2.24, 2.45) is 5.73 Å². The molecule has 1 rings (SSSR count). The van der Waals surface area contributed by atoms with Crippen LogP contribution in [0.5, 0.6) is 5.75 Å². The average molecular weight is 308 g/mol. The maximum absolute atomic E-state index is 12.3. The van der Waals surface area contributed by atoms with Gasteiger partial charge in [-0.25, -0.2) is 0 Å². The van der Waals surface area contributed by atoms with Crippen LogP contribution in [0.25, 0.3) is 0 Å². The molecule has 0 aliphatic rings. The molecular weight excluding hydrogens is 284 g/mol. The van der Waals surface area contributed by atoms with E-state index in [-0.39, 0.29) is 12.5 Å². The van der Waals surface area contributed by atoms with E-state index in [1.54, 1.807) is 31.2 Å². The van der Waals surface area contributed by atoms with E-state index in [1.807, 2.05) is 0 Å². The third kappa shape index (κ3) is 5.37. The maximum atomic E-state index is 12.3. The fraction of sp³-hybridized carbons (Fsp3) is 0.500. The molecule has 0 bridgehead atoms. The fourth-order valence-electron chi connectivity index (χ4n) is 1.87. The molecule has 1 aromatic rings. The minimum atomic E-state index is -0.850. The van der Waals surface area contributed by atoms with Crippen molar-refractivity contribution in [1.29, 1.82) is 0 Å². The lowest BCUT2D eigenvalue weighted by Crippen LogP contribution is -2.41. The molecule has 2 amide bonds. The molecule has 6 heteroatoms. The first-order valence-corrected chi connectivity index (χ1v) is 7.29. The number of hydrogen-bond acceptors (Lipinski definition) is 4. The van der Waals surface area contributed by atoms with Crippen molar-refractivity contribution in [2.75, 3.05) is 19.0 Å². The summed E-state index contributed by atoms with van der Waals surface area (Å²) in [4.78, 5) is 23.0. The number of carbonyl (C=O) groups excluding carboxylic acids is 2. The molecule has 1 atom stereocenters. The molecule has 0 aliphatic carbocycles. The van der Waals surface area contributed by atoms with Gasteiger partial charge >= 0.3 is 0 Å². The summed E-state index contributed by atoms with van der Waals surface area (Å²) >= 11 is 0. The summed E-state index contributed by atoms with van der Waals surface area (Å²) in [6.07, 6.45) is 2.57. The molecule has 0 fully saturated rings. The summed E-state index contributed by atoms with van der Waals surface area (Å²) in [6, 6.07) is 6.72. The van der Waals surface area contributed by atoms with Gasteiger partial charge in [-0.2, -0.15) is 0 Å². The predicted molar refractivity (Wildman–Crippen MR) is 84.7 cm³/mol. The van der Waals surface area contributed by atoms with Crippen molar-refractivity contribution in [1.82, 2.24) is 0 Å². The normalized spacial score (nSPS) is 13.2. The maximum Gasteiger partial charge on any atom is 0.256 e. The lowest BCUT2D eigenvalue weighted by molar-refractivity contribution is -0.136. The van der Waals surface area contributed by atoms with E-state index >= 15 is 0 Å². The summed E-state index contributed by atoms with van der Waals surface area (Å²) in [6.45, 7) is 3.67. The first-order valence-electron chi connectivity index (χ1n) is 7.29. The molecule has 0 radical (unpaired) electrons. The number of carbonyl (C=O) groups is 2. The first kappa shape index (κ1) is 18.0. The quantitative estimate of drug-likeness (QED) is 0.731. The molecule has 122 valence electrons. The molecule has 1 aromatic carbocycles. The molecule has 0 saturated heterocycles. The van der Waals surface area contributed by atoms with Crippen LogP contribution >= 0.6 is 0 Å². The highest BCUT2D eigenvalue weighted by molar-refractivity contribution is 5.97. The van der Waals surface area contributed by atoms with Gasteiger partial charge in [0.2, 0.25) is 0 Å². The average Bonchev–Trinajstić information content (AvgIpc) is 2.51. The Kier molecular flexibility index (Phi) is 6.85. The molecular formula is C16H24N2O4. The van der Waals surface area contributed by atoms with Gasteiger partial charge in [-0.05, 0) is 37.6 Å². The third-order valence-corrected chi connectivity index (χ3v) is 3.43. The van der Waals surface area contributed by atoms with Crippen LogP contribution in [0.2, 0.25) is 0 Å². The monoisotopic (exact) mass is 308 g/mol. The predicted octanol–water partition coefficient (Wildman–Crippen LogP) is 2.08. The Labute approximate surface area is 131 Å². The van der Waals surface area contributed by atoms with Gasteiger partial charge in [-0.3, -0.25) is 9.59 Å². The first-order chi connectivity index (χ1) is 10.4. The largest absolute Gasteiger partial charge is 0.484 e. The Morgan fingerprint density at radius 3 is 2.41 bits per heavy atom. The highest BCUT2D eigenvalue weighted by atomic mass is 16.5. The number of primary amides is 1. The topological polar surface area (TPSA) is 90.7 Å². The van der Waals surface area contributed by atoms with Crippen LogP contribution in [0, 0.1) is 0 Å². The molecule has 1 unspecified atom stereocenters. The van der Waals surface area contributed by atoms with Crippen LogP contribution in [0.1, 0.15) is 33.1 Å². The van der Waals surface area contributed by atoms with Gasteiger partial charge in [0.15, 0.2) is 6.61 Å². The smallest absolute Gasteiger partial charge is 0.256 e. The summed E-state index contributed by atoms with van der Waals surface area (Å²) < 4.78 is 10.5. The Balaban J connectivity index is 2.65. The zero-order valence-electron chi connectivity index (χ0n) is 13.3. The van der Waals surface area contributed by atoms with E-state index in [2.05, 4.69) is 12.2 Å². The van der Waals surface area contributed by atoms with E-state index in [9.17, 15) is 9.59 Å². The molecule has 0 spiro atoms.